The van der Waals surface area contributed by atoms with Gasteiger partial charge in [-0.25, -0.2) is 0 Å². The van der Waals surface area contributed by atoms with Crippen LogP contribution in [0.1, 0.15) is 32.0 Å². The molecule has 0 atom stereocenters. The zero-order valence-corrected chi connectivity index (χ0v) is 17.5. The van der Waals surface area contributed by atoms with Crippen LogP contribution >= 0.6 is 0 Å². The summed E-state index contributed by atoms with van der Waals surface area (Å²) in [7, 11) is 0. The van der Waals surface area contributed by atoms with Gasteiger partial charge in [0.05, 0.1) is 28.9 Å². The summed E-state index contributed by atoms with van der Waals surface area (Å²) in [5.41, 5.74) is 5.20. The smallest absolute Gasteiger partial charge is 0.262 e. The van der Waals surface area contributed by atoms with E-state index in [0.29, 0.717) is 29.1 Å². The van der Waals surface area contributed by atoms with Crippen molar-refractivity contribution in [1.29, 1.82) is 0 Å². The van der Waals surface area contributed by atoms with Crippen molar-refractivity contribution in [3.05, 3.63) is 108 Å². The van der Waals surface area contributed by atoms with E-state index in [9.17, 15) is 9.59 Å². The summed E-state index contributed by atoms with van der Waals surface area (Å²) in [4.78, 5) is 27.8. The van der Waals surface area contributed by atoms with Gasteiger partial charge in [-0.1, -0.05) is 30.3 Å². The van der Waals surface area contributed by atoms with Crippen molar-refractivity contribution in [2.24, 2.45) is 0 Å². The lowest BCUT2D eigenvalue weighted by molar-refractivity contribution is 0.0997. The maximum atomic E-state index is 13.6. The number of nitrogens with zero attached hydrogens (tertiary/aromatic N) is 1. The number of carbonyl (C=O) groups is 2. The highest BCUT2D eigenvalue weighted by atomic mass is 16.3. The number of nitrogens with one attached hydrogen (secondary N) is 2. The number of carbonyl (C=O) groups excluding carboxylic acids is 2. The highest BCUT2D eigenvalue weighted by Crippen LogP contribution is 2.38. The molecule has 2 amide bonds. The molecule has 0 saturated heterocycles. The van der Waals surface area contributed by atoms with Gasteiger partial charge in [-0.2, -0.15) is 0 Å². The second kappa shape index (κ2) is 8.07. The molecule has 6 heteroatoms. The lowest BCUT2D eigenvalue weighted by atomic mass is 10.1. The molecule has 0 aliphatic carbocycles. The second-order valence-corrected chi connectivity index (χ2v) is 7.56. The first kappa shape index (κ1) is 19.6. The zero-order chi connectivity index (χ0) is 22.1. The van der Waals surface area contributed by atoms with Gasteiger partial charge in [-0.15, -0.1) is 0 Å². The van der Waals surface area contributed by atoms with Gasteiger partial charge in [0.1, 0.15) is 5.76 Å². The largest absolute Gasteiger partial charge is 0.469 e. The Bertz CT molecular complexity index is 1260. The molecular weight excluding hydrogens is 402 g/mol. The number of furan rings is 1. The van der Waals surface area contributed by atoms with Crippen LogP contribution in [0.25, 0.3) is 0 Å². The number of benzene rings is 3. The molecule has 32 heavy (non-hydrogen) atoms. The Balaban J connectivity index is 1.46. The highest BCUT2D eigenvalue weighted by Gasteiger charge is 2.26. The van der Waals surface area contributed by atoms with E-state index in [4.69, 9.17) is 4.42 Å². The van der Waals surface area contributed by atoms with Crippen LogP contribution in [0.3, 0.4) is 0 Å². The number of para-hydroxylation sites is 3. The first-order chi connectivity index (χ1) is 15.6. The minimum Gasteiger partial charge on any atom is -0.469 e. The summed E-state index contributed by atoms with van der Waals surface area (Å²) in [6, 6.07) is 24.2. The first-order valence-electron chi connectivity index (χ1n) is 10.3. The van der Waals surface area contributed by atoms with Gasteiger partial charge in [0.15, 0.2) is 0 Å². The van der Waals surface area contributed by atoms with Crippen LogP contribution in [0, 0.1) is 6.92 Å². The van der Waals surface area contributed by atoms with E-state index >= 15 is 0 Å². The van der Waals surface area contributed by atoms with Crippen LogP contribution in [0.2, 0.25) is 0 Å². The van der Waals surface area contributed by atoms with Gasteiger partial charge in [0, 0.05) is 17.8 Å². The Morgan fingerprint density at radius 2 is 1.62 bits per heavy atom. The van der Waals surface area contributed by atoms with Crippen molar-refractivity contribution in [3.63, 3.8) is 0 Å². The lowest BCUT2D eigenvalue weighted by Gasteiger charge is -2.24. The number of fused-ring (bicyclic) bond motifs is 2. The third-order valence-corrected chi connectivity index (χ3v) is 5.54. The fourth-order valence-electron chi connectivity index (χ4n) is 3.88. The van der Waals surface area contributed by atoms with Gasteiger partial charge in [0.25, 0.3) is 11.8 Å². The quantitative estimate of drug-likeness (QED) is 0.440. The highest BCUT2D eigenvalue weighted by molar-refractivity contribution is 6.13. The Labute approximate surface area is 185 Å². The van der Waals surface area contributed by atoms with Gasteiger partial charge in [0.2, 0.25) is 0 Å². The minimum atomic E-state index is -0.253. The van der Waals surface area contributed by atoms with Gasteiger partial charge >= 0.3 is 0 Å². The molecule has 0 spiro atoms. The number of hydrogen-bond donors (Lipinski definition) is 2. The van der Waals surface area contributed by atoms with Crippen molar-refractivity contribution in [2.45, 2.75) is 13.5 Å². The molecule has 0 fully saturated rings. The molecule has 5 rings (SSSR count). The molecule has 1 aliphatic rings. The van der Waals surface area contributed by atoms with Crippen molar-refractivity contribution in [2.75, 3.05) is 15.5 Å². The van der Waals surface area contributed by atoms with E-state index in [2.05, 4.69) is 10.6 Å². The van der Waals surface area contributed by atoms with Gasteiger partial charge in [-0.05, 0) is 61.0 Å². The molecule has 2 N–H and O–H groups in total. The average Bonchev–Trinajstić information content (AvgIpc) is 3.18. The van der Waals surface area contributed by atoms with Gasteiger partial charge in [-0.3, -0.25) is 14.5 Å². The molecule has 0 radical (unpaired) electrons. The van der Waals surface area contributed by atoms with Crippen LogP contribution in [-0.2, 0) is 6.54 Å². The maximum absolute atomic E-state index is 13.6. The number of anilines is 4. The monoisotopic (exact) mass is 423 g/mol. The fraction of sp³-hybridized carbons (Fsp3) is 0.0769. The molecule has 4 aromatic rings. The normalized spacial score (nSPS) is 12.2. The molecule has 1 aromatic heterocycles. The zero-order valence-electron chi connectivity index (χ0n) is 17.5. The maximum Gasteiger partial charge on any atom is 0.262 e. The molecule has 0 saturated carbocycles. The summed E-state index contributed by atoms with van der Waals surface area (Å²) in [5.74, 6) is 0.162. The van der Waals surface area contributed by atoms with Crippen molar-refractivity contribution in [1.82, 2.24) is 0 Å². The fourth-order valence-corrected chi connectivity index (χ4v) is 3.88. The van der Waals surface area contributed by atoms with Crippen molar-refractivity contribution in [3.8, 4) is 0 Å². The standard InChI is InChI=1S/C26H21N3O3/c1-17-21(14-15-32-17)25(30)28-20-12-10-18(11-13-20)26(31)29-23-8-4-2-6-19(23)16-27-22-7-3-5-9-24(22)29/h2-15,27H,16H2,1H3,(H,28,30). The lowest BCUT2D eigenvalue weighted by Crippen LogP contribution is -2.26. The summed E-state index contributed by atoms with van der Waals surface area (Å²) in [5, 5.41) is 6.26. The SMILES string of the molecule is Cc1occc1C(=O)Nc1ccc(C(=O)N2c3ccccc3CNc3ccccc32)cc1. The molecule has 1 aliphatic heterocycles. The Hall–Kier alpha value is -4.32. The third kappa shape index (κ3) is 3.52. The molecule has 6 nitrogen and oxygen atoms in total. The minimum absolute atomic E-state index is 0.142. The number of aryl methyl sites for hydroxylation is 1. The van der Waals surface area contributed by atoms with E-state index in [0.717, 1.165) is 22.6 Å². The summed E-state index contributed by atoms with van der Waals surface area (Å²) < 4.78 is 5.19. The van der Waals surface area contributed by atoms with Crippen molar-refractivity contribution < 1.29 is 14.0 Å². The Morgan fingerprint density at radius 1 is 0.906 bits per heavy atom. The van der Waals surface area contributed by atoms with Crippen LogP contribution in [0.15, 0.2) is 89.5 Å². The van der Waals surface area contributed by atoms with Crippen molar-refractivity contribution >= 4 is 34.6 Å². The molecule has 2 heterocycles. The van der Waals surface area contributed by atoms with Gasteiger partial charge < -0.3 is 15.1 Å². The molecule has 3 aromatic carbocycles. The molecular formula is C26H21N3O3. The number of rotatable bonds is 3. The Kier molecular flexibility index (Phi) is 4.95. The summed E-state index contributed by atoms with van der Waals surface area (Å²) in [6.07, 6.45) is 1.48. The summed E-state index contributed by atoms with van der Waals surface area (Å²) >= 11 is 0. The van der Waals surface area contributed by atoms with E-state index < -0.39 is 0 Å². The topological polar surface area (TPSA) is 74.6 Å². The van der Waals surface area contributed by atoms with Crippen LogP contribution in [-0.4, -0.2) is 11.8 Å². The number of hydrogen-bond acceptors (Lipinski definition) is 4. The first-order valence-corrected chi connectivity index (χ1v) is 10.3. The van der Waals surface area contributed by atoms with Crippen LogP contribution in [0.5, 0.6) is 0 Å². The second-order valence-electron chi connectivity index (χ2n) is 7.56. The summed E-state index contributed by atoms with van der Waals surface area (Å²) in [6.45, 7) is 2.37. The molecule has 0 bridgehead atoms. The number of amides is 2. The van der Waals surface area contributed by atoms with E-state index in [1.807, 2.05) is 48.5 Å². The molecule has 0 unspecified atom stereocenters. The predicted molar refractivity (Wildman–Crippen MR) is 125 cm³/mol. The predicted octanol–water partition coefficient (Wildman–Crippen LogP) is 5.74. The average molecular weight is 423 g/mol. The van der Waals surface area contributed by atoms with Crippen LogP contribution < -0.4 is 15.5 Å². The third-order valence-electron chi connectivity index (χ3n) is 5.54. The molecule has 158 valence electrons. The van der Waals surface area contributed by atoms with E-state index in [1.165, 1.54) is 6.26 Å². The van der Waals surface area contributed by atoms with E-state index in [1.54, 1.807) is 42.2 Å². The van der Waals surface area contributed by atoms with Crippen LogP contribution in [0.4, 0.5) is 22.7 Å². The Morgan fingerprint density at radius 3 is 2.38 bits per heavy atom. The van der Waals surface area contributed by atoms with E-state index in [-0.39, 0.29) is 11.8 Å².